The summed E-state index contributed by atoms with van der Waals surface area (Å²) in [5.41, 5.74) is 2.28. The van der Waals surface area contributed by atoms with Crippen molar-refractivity contribution in [2.75, 3.05) is 0 Å². The molecule has 2 atom stereocenters. The average Bonchev–Trinajstić information content (AvgIpc) is 2.84. The third-order valence-corrected chi connectivity index (χ3v) is 9.51. The van der Waals surface area contributed by atoms with Crippen molar-refractivity contribution in [1.29, 1.82) is 0 Å². The lowest BCUT2D eigenvalue weighted by atomic mass is 10.00. The van der Waals surface area contributed by atoms with Gasteiger partial charge in [0.25, 0.3) is 0 Å². The molecule has 0 saturated carbocycles. The Morgan fingerprint density at radius 1 is 0.667 bits per heavy atom. The van der Waals surface area contributed by atoms with E-state index in [0.717, 1.165) is 5.56 Å². The van der Waals surface area contributed by atoms with Crippen LogP contribution in [-0.4, -0.2) is 8.96 Å². The maximum atomic E-state index is 13.2. The first kappa shape index (κ1) is 23.6. The molecular formula is C29H30NOPS. The predicted molar refractivity (Wildman–Crippen MR) is 144 cm³/mol. The number of hydrogen-bond donors (Lipinski definition) is 1. The van der Waals surface area contributed by atoms with Crippen LogP contribution in [0.5, 0.6) is 0 Å². The lowest BCUT2D eigenvalue weighted by Crippen LogP contribution is -2.38. The molecule has 0 bridgehead atoms. The highest BCUT2D eigenvalue weighted by Crippen LogP contribution is 2.37. The monoisotopic (exact) mass is 471 g/mol. The fourth-order valence-electron chi connectivity index (χ4n) is 3.76. The summed E-state index contributed by atoms with van der Waals surface area (Å²) in [5, 5.41) is 3.88. The highest BCUT2D eigenvalue weighted by Gasteiger charge is 2.28. The second-order valence-electron chi connectivity index (χ2n) is 8.91. The first-order chi connectivity index (χ1) is 15.9. The zero-order valence-corrected chi connectivity index (χ0v) is 21.0. The SMILES string of the molecule is CC(C)(C)S(=O)NC(c1ccccc1)c1ccccc1P(c1ccccc1)c1ccccc1. The van der Waals surface area contributed by atoms with Gasteiger partial charge in [0.15, 0.2) is 0 Å². The van der Waals surface area contributed by atoms with Crippen LogP contribution in [0, 0.1) is 0 Å². The van der Waals surface area contributed by atoms with Gasteiger partial charge >= 0.3 is 0 Å². The summed E-state index contributed by atoms with van der Waals surface area (Å²) in [7, 11) is -2.00. The first-order valence-electron chi connectivity index (χ1n) is 11.2. The van der Waals surface area contributed by atoms with E-state index in [2.05, 4.69) is 102 Å². The smallest absolute Gasteiger partial charge is 0.0979 e. The maximum absolute atomic E-state index is 13.2. The van der Waals surface area contributed by atoms with Crippen LogP contribution in [-0.2, 0) is 11.0 Å². The van der Waals surface area contributed by atoms with Gasteiger partial charge in [-0.25, -0.2) is 8.93 Å². The quantitative estimate of drug-likeness (QED) is 0.350. The van der Waals surface area contributed by atoms with E-state index in [-0.39, 0.29) is 10.8 Å². The van der Waals surface area contributed by atoms with Crippen molar-refractivity contribution in [2.45, 2.75) is 31.6 Å². The minimum Gasteiger partial charge on any atom is -0.242 e. The molecule has 4 aromatic carbocycles. The number of rotatable bonds is 7. The Hall–Kier alpha value is -2.58. The van der Waals surface area contributed by atoms with Gasteiger partial charge in [-0.1, -0.05) is 115 Å². The Labute approximate surface area is 201 Å². The van der Waals surface area contributed by atoms with Crippen LogP contribution < -0.4 is 20.6 Å². The van der Waals surface area contributed by atoms with E-state index in [1.54, 1.807) is 0 Å². The first-order valence-corrected chi connectivity index (χ1v) is 13.7. The molecule has 168 valence electrons. The molecule has 1 N–H and O–H groups in total. The van der Waals surface area contributed by atoms with Crippen molar-refractivity contribution in [3.63, 3.8) is 0 Å². The third kappa shape index (κ3) is 5.68. The molecule has 0 aliphatic heterocycles. The number of benzene rings is 4. The zero-order valence-electron chi connectivity index (χ0n) is 19.3. The normalized spacial score (nSPS) is 13.6. The maximum Gasteiger partial charge on any atom is 0.0979 e. The van der Waals surface area contributed by atoms with E-state index >= 15 is 0 Å². The molecule has 0 aromatic heterocycles. The summed E-state index contributed by atoms with van der Waals surface area (Å²) in [4.78, 5) is 0. The van der Waals surface area contributed by atoms with Crippen molar-refractivity contribution in [3.05, 3.63) is 126 Å². The molecular weight excluding hydrogens is 441 g/mol. The summed E-state index contributed by atoms with van der Waals surface area (Å²) in [6.45, 7) is 6.01. The van der Waals surface area contributed by atoms with Crippen LogP contribution in [0.25, 0.3) is 0 Å². The van der Waals surface area contributed by atoms with Crippen molar-refractivity contribution in [2.24, 2.45) is 0 Å². The van der Waals surface area contributed by atoms with Gasteiger partial charge in [-0.3, -0.25) is 0 Å². The largest absolute Gasteiger partial charge is 0.242 e. The number of hydrogen-bond acceptors (Lipinski definition) is 1. The van der Waals surface area contributed by atoms with Gasteiger partial charge in [0, 0.05) is 0 Å². The number of nitrogens with one attached hydrogen (secondary N) is 1. The molecule has 0 heterocycles. The van der Waals surface area contributed by atoms with E-state index in [0.29, 0.717) is 0 Å². The molecule has 0 aliphatic carbocycles. The molecule has 4 aromatic rings. The Morgan fingerprint density at radius 3 is 1.64 bits per heavy atom. The average molecular weight is 472 g/mol. The van der Waals surface area contributed by atoms with Crippen molar-refractivity contribution in [1.82, 2.24) is 4.72 Å². The molecule has 4 rings (SSSR count). The predicted octanol–water partition coefficient (Wildman–Crippen LogP) is 5.59. The lowest BCUT2D eigenvalue weighted by Gasteiger charge is -2.29. The second-order valence-corrected chi connectivity index (χ2v) is 13.1. The van der Waals surface area contributed by atoms with Gasteiger partial charge in [-0.15, -0.1) is 0 Å². The van der Waals surface area contributed by atoms with E-state index in [4.69, 9.17) is 0 Å². The summed E-state index contributed by atoms with van der Waals surface area (Å²) in [5.74, 6) is 0. The molecule has 33 heavy (non-hydrogen) atoms. The highest BCUT2D eigenvalue weighted by atomic mass is 32.2. The van der Waals surface area contributed by atoms with E-state index < -0.39 is 18.9 Å². The van der Waals surface area contributed by atoms with Crippen molar-refractivity contribution >= 4 is 34.8 Å². The van der Waals surface area contributed by atoms with Crippen LogP contribution in [0.15, 0.2) is 115 Å². The Balaban J connectivity index is 1.89. The standard InChI is InChI=1S/C29H30NOPS/c1-29(2,3)33(31)30-28(23-15-7-4-8-16-23)26-21-13-14-22-27(26)32(24-17-9-5-10-18-24)25-19-11-6-12-20-25/h4-22,28,30H,1-3H3. The highest BCUT2D eigenvalue weighted by molar-refractivity contribution is 7.84. The summed E-state index contributed by atoms with van der Waals surface area (Å²) in [6, 6.07) is 40.2. The summed E-state index contributed by atoms with van der Waals surface area (Å²) >= 11 is 0. The molecule has 4 heteroatoms. The van der Waals surface area contributed by atoms with Gasteiger partial charge < -0.3 is 0 Å². The molecule has 0 radical (unpaired) electrons. The molecule has 2 nitrogen and oxygen atoms in total. The van der Waals surface area contributed by atoms with E-state index in [1.807, 2.05) is 39.0 Å². The fraction of sp³-hybridized carbons (Fsp3) is 0.172. The second kappa shape index (κ2) is 10.6. The van der Waals surface area contributed by atoms with Gasteiger partial charge in [0.05, 0.1) is 21.8 Å². The van der Waals surface area contributed by atoms with E-state index in [9.17, 15) is 4.21 Å². The zero-order chi connectivity index (χ0) is 23.3. The topological polar surface area (TPSA) is 29.1 Å². The molecule has 0 fully saturated rings. The van der Waals surface area contributed by atoms with E-state index in [1.165, 1.54) is 21.5 Å². The lowest BCUT2D eigenvalue weighted by molar-refractivity contribution is 0.624. The van der Waals surface area contributed by atoms with Crippen LogP contribution in [0.1, 0.15) is 37.9 Å². The summed E-state index contributed by atoms with van der Waals surface area (Å²) in [6.07, 6.45) is 0. The van der Waals surface area contributed by atoms with Gasteiger partial charge in [-0.05, 0) is 55.7 Å². The van der Waals surface area contributed by atoms with Gasteiger partial charge in [-0.2, -0.15) is 0 Å². The van der Waals surface area contributed by atoms with Crippen LogP contribution in [0.2, 0.25) is 0 Å². The minimum absolute atomic E-state index is 0.181. The molecule has 0 spiro atoms. The van der Waals surface area contributed by atoms with Crippen molar-refractivity contribution < 1.29 is 4.21 Å². The fourth-order valence-corrected chi connectivity index (χ4v) is 7.08. The van der Waals surface area contributed by atoms with Gasteiger partial charge in [0.1, 0.15) is 0 Å². The molecule has 2 unspecified atom stereocenters. The third-order valence-electron chi connectivity index (χ3n) is 5.43. The van der Waals surface area contributed by atoms with Crippen molar-refractivity contribution in [3.8, 4) is 0 Å². The van der Waals surface area contributed by atoms with Crippen LogP contribution in [0.4, 0.5) is 0 Å². The summed E-state index contributed by atoms with van der Waals surface area (Å²) < 4.78 is 16.3. The Bertz CT molecular complexity index is 1150. The van der Waals surface area contributed by atoms with Gasteiger partial charge in [0.2, 0.25) is 0 Å². The molecule has 0 amide bonds. The minimum atomic E-state index is -1.22. The Kier molecular flexibility index (Phi) is 7.55. The molecule has 0 aliphatic rings. The molecule has 0 saturated heterocycles. The Morgan fingerprint density at radius 2 is 1.12 bits per heavy atom. The van der Waals surface area contributed by atoms with Crippen LogP contribution >= 0.6 is 7.92 Å². The van der Waals surface area contributed by atoms with Crippen LogP contribution in [0.3, 0.4) is 0 Å².